The number of hydrogen-bond acceptors (Lipinski definition) is 14. The number of piperidine rings is 3. The van der Waals surface area contributed by atoms with E-state index < -0.39 is 5.60 Å². The first-order chi connectivity index (χ1) is 25.2. The summed E-state index contributed by atoms with van der Waals surface area (Å²) in [5, 5.41) is 54.1. The summed E-state index contributed by atoms with van der Waals surface area (Å²) in [4.78, 5) is 0. The van der Waals surface area contributed by atoms with Gasteiger partial charge in [-0.1, -0.05) is 27.7 Å². The molecule has 5 aliphatic heterocycles. The van der Waals surface area contributed by atoms with Crippen molar-refractivity contribution in [2.45, 2.75) is 231 Å². The quantitative estimate of drug-likeness (QED) is 0.143. The molecule has 0 aromatic heterocycles. The second-order valence-electron chi connectivity index (χ2n) is 21.0. The Morgan fingerprint density at radius 1 is 0.678 bits per heavy atom. The van der Waals surface area contributed by atoms with Crippen LogP contribution in [0.25, 0.3) is 0 Å². The van der Waals surface area contributed by atoms with E-state index in [2.05, 4.69) is 62.3 Å². The van der Waals surface area contributed by atoms with E-state index in [0.717, 1.165) is 45.3 Å². The van der Waals surface area contributed by atoms with E-state index in [1.807, 2.05) is 27.7 Å². The molecule has 17 heteroatoms. The third-order valence-electron chi connectivity index (χ3n) is 10.6. The van der Waals surface area contributed by atoms with Crippen LogP contribution in [0.2, 0.25) is 0 Å². The summed E-state index contributed by atoms with van der Waals surface area (Å²) in [5.41, 5.74) is -2.33. The monoisotopic (exact) mass is 906 g/mol. The van der Waals surface area contributed by atoms with Gasteiger partial charge in [-0.05, 0) is 128 Å². The van der Waals surface area contributed by atoms with Crippen LogP contribution in [0.5, 0.6) is 0 Å². The van der Waals surface area contributed by atoms with E-state index in [4.69, 9.17) is 35.3 Å². The van der Waals surface area contributed by atoms with Gasteiger partial charge in [0, 0.05) is 40.3 Å². The molecule has 344 valence electrons. The van der Waals surface area contributed by atoms with Crippen molar-refractivity contribution in [1.82, 2.24) is 15.2 Å². The summed E-state index contributed by atoms with van der Waals surface area (Å²) in [5.74, 6) is 0.667. The third kappa shape index (κ3) is 25.2. The Bertz CT molecular complexity index is 1080. The Labute approximate surface area is 428 Å². The number of nitrogens with zero attached hydrogens (tertiary/aromatic N) is 3. The summed E-state index contributed by atoms with van der Waals surface area (Å²) in [6.07, 6.45) is 6.62. The average molecular weight is 907 g/mol. The Morgan fingerprint density at radius 2 is 0.966 bits per heavy atom. The first-order valence-electron chi connectivity index (χ1n) is 20.6. The van der Waals surface area contributed by atoms with Gasteiger partial charge in [-0.25, -0.2) is 0 Å². The molecule has 0 radical (unpaired) electrons. The molecule has 5 N–H and O–H groups in total. The fourth-order valence-electron chi connectivity index (χ4n) is 7.97. The van der Waals surface area contributed by atoms with Crippen LogP contribution < -0.4 is 86.0 Å². The first-order valence-corrected chi connectivity index (χ1v) is 21.2. The van der Waals surface area contributed by atoms with Crippen molar-refractivity contribution in [3.05, 3.63) is 0 Å². The zero-order chi connectivity index (χ0) is 43.7. The summed E-state index contributed by atoms with van der Waals surface area (Å²) in [7, 11) is 1.72. The molecule has 3 unspecified atom stereocenters. The smallest absolute Gasteiger partial charge is 0.870 e. The zero-order valence-corrected chi connectivity index (χ0v) is 46.7. The van der Waals surface area contributed by atoms with E-state index in [-0.39, 0.29) is 144 Å². The zero-order valence-electron chi connectivity index (χ0n) is 40.9. The number of alkyl halides is 1. The Hall–Kier alpha value is 2.37. The number of ether oxygens (including phenoxy) is 5. The van der Waals surface area contributed by atoms with Crippen molar-refractivity contribution in [2.75, 3.05) is 39.4 Å². The second kappa shape index (κ2) is 27.2. The van der Waals surface area contributed by atoms with Gasteiger partial charge in [0.1, 0.15) is 6.10 Å². The molecule has 5 aliphatic rings. The van der Waals surface area contributed by atoms with Gasteiger partial charge in [0.2, 0.25) is 0 Å². The predicted molar refractivity (Wildman–Crippen MR) is 222 cm³/mol. The molecule has 5 rings (SSSR count). The van der Waals surface area contributed by atoms with Crippen molar-refractivity contribution in [3.8, 4) is 0 Å². The van der Waals surface area contributed by atoms with Gasteiger partial charge >= 0.3 is 80.9 Å². The molecule has 0 saturated carbocycles. The molecule has 5 heterocycles. The second-order valence-corrected chi connectivity index (χ2v) is 21.4. The molecule has 0 amide bonds. The summed E-state index contributed by atoms with van der Waals surface area (Å²) >= 11 is 5.27. The van der Waals surface area contributed by atoms with Crippen molar-refractivity contribution < 1.29 is 136 Å². The molecule has 5 fully saturated rings. The topological polar surface area (TPSA) is 196 Å². The fraction of sp³-hybridized carbons (Fsp3) is 1.00. The van der Waals surface area contributed by atoms with Gasteiger partial charge < -0.3 is 55.0 Å². The minimum atomic E-state index is -0.750. The van der Waals surface area contributed by atoms with Crippen molar-refractivity contribution in [3.63, 3.8) is 0 Å². The molecule has 59 heavy (non-hydrogen) atoms. The summed E-state index contributed by atoms with van der Waals surface area (Å²) in [6, 6.07) is 0. The Kier molecular flexibility index (Phi) is 30.3. The normalized spacial score (nSPS) is 27.3. The van der Waals surface area contributed by atoms with E-state index in [1.165, 1.54) is 15.2 Å². The molecule has 14 nitrogen and oxygen atoms in total. The van der Waals surface area contributed by atoms with Crippen LogP contribution in [0, 0.1) is 0 Å². The molecule has 5 saturated heterocycles. The van der Waals surface area contributed by atoms with E-state index in [1.54, 1.807) is 27.9 Å². The van der Waals surface area contributed by atoms with E-state index in [9.17, 15) is 25.8 Å². The molecule has 0 aromatic rings. The largest absolute Gasteiger partial charge is 1.00 e. The first kappa shape index (κ1) is 65.6. The average Bonchev–Trinajstić information content (AvgIpc) is 3.95. The minimum absolute atomic E-state index is 0. The van der Waals surface area contributed by atoms with Gasteiger partial charge in [0.05, 0.1) is 62.8 Å². The van der Waals surface area contributed by atoms with Crippen LogP contribution in [-0.4, -0.2) is 156 Å². The van der Waals surface area contributed by atoms with E-state index in [0.29, 0.717) is 44.1 Å². The van der Waals surface area contributed by atoms with Gasteiger partial charge in [-0.2, -0.15) is 15.2 Å². The summed E-state index contributed by atoms with van der Waals surface area (Å²) < 4.78 is 27.0. The third-order valence-corrected chi connectivity index (χ3v) is 11.0. The van der Waals surface area contributed by atoms with Gasteiger partial charge in [-0.15, -0.1) is 17.2 Å². The maximum absolute atomic E-state index is 10.2. The Morgan fingerprint density at radius 3 is 1.20 bits per heavy atom. The number of rotatable bonds is 9. The van der Waals surface area contributed by atoms with Crippen LogP contribution in [0.1, 0.15) is 156 Å². The number of halogens is 1. The van der Waals surface area contributed by atoms with Crippen molar-refractivity contribution in [1.29, 1.82) is 0 Å². The van der Waals surface area contributed by atoms with Crippen LogP contribution in [-0.2, 0) is 23.7 Å². The van der Waals surface area contributed by atoms with E-state index >= 15 is 0 Å². The molecular weight excluding hydrogens is 820 g/mol. The number of aliphatic hydroxyl groups is 1. The molecular formula is C42H86ClKN3NaO11. The summed E-state index contributed by atoms with van der Waals surface area (Å²) in [6.45, 7) is 34.2. The number of hydrogen-bond donors (Lipinski definition) is 4. The number of hydroxylamine groups is 6. The molecule has 0 spiro atoms. The van der Waals surface area contributed by atoms with Crippen LogP contribution in [0.3, 0.4) is 0 Å². The Balaban J connectivity index is -0.000000704. The molecule has 3 atom stereocenters. The molecule has 0 aliphatic carbocycles. The van der Waals surface area contributed by atoms with Crippen LogP contribution in [0.15, 0.2) is 0 Å². The molecule has 0 aromatic carbocycles. The SMILES string of the molecule is CC(C)(C)[O-].CC1(C)CC(O)CC(C)(C)N1O.CC1(C)CC(OCC2CO2)CC(C)(C)N1O.CCC(COC1CC(C)(C)N(O)C(C)(C)C1)OC.ClCC1CO1.[K+].[Na+].[OH-]. The number of epoxide rings is 2. The van der Waals surface area contributed by atoms with Gasteiger partial charge in [0.15, 0.2) is 0 Å². The molecule has 0 bridgehead atoms. The van der Waals surface area contributed by atoms with Crippen molar-refractivity contribution >= 4 is 11.6 Å². The number of methoxy groups -OCH3 is 1. The van der Waals surface area contributed by atoms with Crippen LogP contribution in [0.4, 0.5) is 0 Å². The van der Waals surface area contributed by atoms with Crippen LogP contribution >= 0.6 is 11.6 Å². The minimum Gasteiger partial charge on any atom is -0.870 e. The maximum Gasteiger partial charge on any atom is 1.00 e. The number of aliphatic hydroxyl groups excluding tert-OH is 1. The predicted octanol–water partition coefficient (Wildman–Crippen LogP) is 0.641. The van der Waals surface area contributed by atoms with Gasteiger partial charge in [0.25, 0.3) is 0 Å². The van der Waals surface area contributed by atoms with Gasteiger partial charge in [-0.3, -0.25) is 0 Å². The van der Waals surface area contributed by atoms with Crippen molar-refractivity contribution in [2.24, 2.45) is 0 Å². The maximum atomic E-state index is 10.2. The standard InChI is InChI=1S/C14H29NO3.C12H23NO3.C9H19NO2.C4H9O.C3H5ClO.K.Na.H2O/c1-7-11(17-6)10-18-12-8-13(2,3)15(16)14(4,5)9-12;1-11(2)5-9(15-7-10-8-16-10)6-12(3,4)13(11)14;1-8(2)5-7(11)6-9(3,4)10(8)12;1-4(2,3)5;4-1-3-2-5-3;;;/h11-12,16H,7-10H2,1-6H3;9-10,14H,5-8H2,1-4H3;7,11-12H,5-6H2,1-4H3;1-3H3;3H,1-2H2;;;1H2/q;;;-1;;2*+1;/p-1. The fourth-order valence-corrected chi connectivity index (χ4v) is 8.15.